The summed E-state index contributed by atoms with van der Waals surface area (Å²) in [6, 6.07) is 7.55. The van der Waals surface area contributed by atoms with Gasteiger partial charge < -0.3 is 0 Å². The van der Waals surface area contributed by atoms with Gasteiger partial charge in [-0.1, -0.05) is 57.7 Å². The Bertz CT molecular complexity index is 451. The minimum absolute atomic E-state index is 0.844. The third kappa shape index (κ3) is 3.71. The molecule has 3 rings (SSSR count). The van der Waals surface area contributed by atoms with Crippen LogP contribution in [0.25, 0.3) is 0 Å². The van der Waals surface area contributed by atoms with E-state index in [2.05, 4.69) is 32.0 Å². The second-order valence-electron chi connectivity index (χ2n) is 7.85. The lowest BCUT2D eigenvalue weighted by Gasteiger charge is -2.29. The van der Waals surface area contributed by atoms with Gasteiger partial charge in [0.25, 0.3) is 0 Å². The van der Waals surface area contributed by atoms with Gasteiger partial charge in [0, 0.05) is 0 Å². The number of hydrogen-bond donors (Lipinski definition) is 0. The van der Waals surface area contributed by atoms with Crippen molar-refractivity contribution in [3.8, 4) is 0 Å². The van der Waals surface area contributed by atoms with Gasteiger partial charge in [-0.15, -0.1) is 0 Å². The molecule has 0 amide bonds. The van der Waals surface area contributed by atoms with E-state index in [0.29, 0.717) is 0 Å². The van der Waals surface area contributed by atoms with Crippen LogP contribution in [-0.2, 0) is 6.42 Å². The maximum atomic E-state index is 2.62. The van der Waals surface area contributed by atoms with Crippen LogP contribution in [0.4, 0.5) is 0 Å². The molecule has 1 saturated carbocycles. The Morgan fingerprint density at radius 1 is 1.00 bits per heavy atom. The molecular weight excluding hydrogens is 252 g/mol. The van der Waals surface area contributed by atoms with Gasteiger partial charge in [-0.25, -0.2) is 0 Å². The highest BCUT2D eigenvalue weighted by molar-refractivity contribution is 5.38. The minimum atomic E-state index is 0.844. The second kappa shape index (κ2) is 6.99. The fourth-order valence-electron chi connectivity index (χ4n) is 4.44. The maximum Gasteiger partial charge on any atom is -0.0159 e. The van der Waals surface area contributed by atoms with E-state index in [1.165, 1.54) is 64.2 Å². The van der Waals surface area contributed by atoms with Gasteiger partial charge in [-0.05, 0) is 73.0 Å². The summed E-state index contributed by atoms with van der Waals surface area (Å²) in [6.45, 7) is 4.73. The molecule has 0 aliphatic heterocycles. The van der Waals surface area contributed by atoms with Crippen molar-refractivity contribution in [1.82, 2.24) is 0 Å². The Morgan fingerprint density at radius 3 is 2.57 bits per heavy atom. The molecule has 0 radical (unpaired) electrons. The molecule has 1 unspecified atom stereocenters. The van der Waals surface area contributed by atoms with Crippen LogP contribution in [0.3, 0.4) is 0 Å². The van der Waals surface area contributed by atoms with E-state index in [1.807, 2.05) is 0 Å². The SMILES string of the molecule is CC(C)CCC1CCCc2ccc(C3CCCCC3)cc21. The average Bonchev–Trinajstić information content (AvgIpc) is 2.53. The predicted octanol–water partition coefficient (Wildman–Crippen LogP) is 6.59. The van der Waals surface area contributed by atoms with E-state index in [9.17, 15) is 0 Å². The van der Waals surface area contributed by atoms with E-state index in [1.54, 1.807) is 16.7 Å². The van der Waals surface area contributed by atoms with Crippen LogP contribution in [0.5, 0.6) is 0 Å². The van der Waals surface area contributed by atoms with Crippen LogP contribution in [-0.4, -0.2) is 0 Å². The van der Waals surface area contributed by atoms with Gasteiger partial charge in [0.2, 0.25) is 0 Å². The molecule has 2 aliphatic rings. The summed E-state index contributed by atoms with van der Waals surface area (Å²) in [4.78, 5) is 0. The van der Waals surface area contributed by atoms with Crippen molar-refractivity contribution < 1.29 is 0 Å². The van der Waals surface area contributed by atoms with Crippen LogP contribution >= 0.6 is 0 Å². The Hall–Kier alpha value is -0.780. The van der Waals surface area contributed by atoms with Crippen molar-refractivity contribution in [3.05, 3.63) is 34.9 Å². The van der Waals surface area contributed by atoms with Gasteiger partial charge in [-0.3, -0.25) is 0 Å². The Labute approximate surface area is 131 Å². The van der Waals surface area contributed by atoms with Crippen molar-refractivity contribution in [2.75, 3.05) is 0 Å². The van der Waals surface area contributed by atoms with Crippen molar-refractivity contribution in [2.24, 2.45) is 5.92 Å². The lowest BCUT2D eigenvalue weighted by Crippen LogP contribution is -2.13. The molecule has 0 heteroatoms. The van der Waals surface area contributed by atoms with Crippen molar-refractivity contribution in [2.45, 2.75) is 89.9 Å². The Kier molecular flexibility index (Phi) is 5.03. The Morgan fingerprint density at radius 2 is 1.81 bits per heavy atom. The first-order valence-electron chi connectivity index (χ1n) is 9.36. The molecule has 1 aromatic carbocycles. The second-order valence-corrected chi connectivity index (χ2v) is 7.85. The fraction of sp³-hybridized carbons (Fsp3) is 0.714. The number of benzene rings is 1. The lowest BCUT2D eigenvalue weighted by molar-refractivity contribution is 0.438. The average molecular weight is 284 g/mol. The van der Waals surface area contributed by atoms with E-state index in [0.717, 1.165) is 17.8 Å². The molecule has 0 N–H and O–H groups in total. The number of fused-ring (bicyclic) bond motifs is 1. The molecule has 1 fully saturated rings. The van der Waals surface area contributed by atoms with Crippen molar-refractivity contribution in [1.29, 1.82) is 0 Å². The van der Waals surface area contributed by atoms with Crippen molar-refractivity contribution >= 4 is 0 Å². The summed E-state index contributed by atoms with van der Waals surface area (Å²) >= 11 is 0. The van der Waals surface area contributed by atoms with Gasteiger partial charge >= 0.3 is 0 Å². The minimum Gasteiger partial charge on any atom is -0.0628 e. The third-order valence-electron chi connectivity index (χ3n) is 5.78. The smallest absolute Gasteiger partial charge is 0.0159 e. The molecule has 116 valence electrons. The molecular formula is C21H32. The van der Waals surface area contributed by atoms with Gasteiger partial charge in [0.15, 0.2) is 0 Å². The molecule has 21 heavy (non-hydrogen) atoms. The summed E-state index contributed by atoms with van der Waals surface area (Å²) in [7, 11) is 0. The highest BCUT2D eigenvalue weighted by atomic mass is 14.3. The summed E-state index contributed by atoms with van der Waals surface area (Å²) in [5.74, 6) is 2.55. The zero-order valence-corrected chi connectivity index (χ0v) is 14.0. The fourth-order valence-corrected chi connectivity index (χ4v) is 4.44. The largest absolute Gasteiger partial charge is 0.0628 e. The first-order chi connectivity index (χ1) is 10.2. The first-order valence-corrected chi connectivity index (χ1v) is 9.36. The van der Waals surface area contributed by atoms with Crippen LogP contribution in [0, 0.1) is 5.92 Å². The summed E-state index contributed by atoms with van der Waals surface area (Å²) in [5.41, 5.74) is 5.05. The topological polar surface area (TPSA) is 0 Å². The highest BCUT2D eigenvalue weighted by Gasteiger charge is 2.23. The zero-order chi connectivity index (χ0) is 14.7. The van der Waals surface area contributed by atoms with Crippen LogP contribution in [0.15, 0.2) is 18.2 Å². The first kappa shape index (κ1) is 15.1. The van der Waals surface area contributed by atoms with Crippen molar-refractivity contribution in [3.63, 3.8) is 0 Å². The standard InChI is InChI=1S/C21H32/c1-16(2)11-12-18-9-6-10-19-13-14-20(15-21(18)19)17-7-4-3-5-8-17/h13-18H,3-12H2,1-2H3. The number of aryl methyl sites for hydroxylation is 1. The van der Waals surface area contributed by atoms with Crippen LogP contribution in [0.2, 0.25) is 0 Å². The third-order valence-corrected chi connectivity index (χ3v) is 5.78. The predicted molar refractivity (Wildman–Crippen MR) is 92.0 cm³/mol. The molecule has 1 atom stereocenters. The maximum absolute atomic E-state index is 2.62. The van der Waals surface area contributed by atoms with Crippen LogP contribution < -0.4 is 0 Å². The van der Waals surface area contributed by atoms with E-state index < -0.39 is 0 Å². The van der Waals surface area contributed by atoms with Gasteiger partial charge in [0.05, 0.1) is 0 Å². The molecule has 0 saturated heterocycles. The van der Waals surface area contributed by atoms with Gasteiger partial charge in [-0.2, -0.15) is 0 Å². The highest BCUT2D eigenvalue weighted by Crippen LogP contribution is 2.39. The summed E-state index contributed by atoms with van der Waals surface area (Å²) in [6.07, 6.45) is 14.1. The molecule has 1 aromatic rings. The van der Waals surface area contributed by atoms with E-state index in [4.69, 9.17) is 0 Å². The van der Waals surface area contributed by atoms with E-state index >= 15 is 0 Å². The molecule has 0 nitrogen and oxygen atoms in total. The number of hydrogen-bond acceptors (Lipinski definition) is 0. The molecule has 0 heterocycles. The zero-order valence-electron chi connectivity index (χ0n) is 14.0. The normalized spacial score (nSPS) is 23.3. The lowest BCUT2D eigenvalue weighted by atomic mass is 9.76. The molecule has 0 bridgehead atoms. The van der Waals surface area contributed by atoms with Crippen LogP contribution in [0.1, 0.15) is 100 Å². The number of rotatable bonds is 4. The summed E-state index contributed by atoms with van der Waals surface area (Å²) in [5, 5.41) is 0. The monoisotopic (exact) mass is 284 g/mol. The molecule has 2 aliphatic carbocycles. The molecule has 0 spiro atoms. The molecule has 0 aromatic heterocycles. The quantitative estimate of drug-likeness (QED) is 0.585. The summed E-state index contributed by atoms with van der Waals surface area (Å²) < 4.78 is 0. The van der Waals surface area contributed by atoms with Gasteiger partial charge in [0.1, 0.15) is 0 Å². The Balaban J connectivity index is 1.78. The van der Waals surface area contributed by atoms with E-state index in [-0.39, 0.29) is 0 Å².